The Labute approximate surface area is 249 Å². The van der Waals surface area contributed by atoms with E-state index in [-0.39, 0.29) is 12.2 Å². The van der Waals surface area contributed by atoms with Crippen molar-refractivity contribution < 1.29 is 36.6 Å². The molecule has 0 aliphatic heterocycles. The zero-order valence-corrected chi connectivity index (χ0v) is 24.4. The molecule has 6 rings (SSSR count). The van der Waals surface area contributed by atoms with Crippen molar-refractivity contribution in [3.8, 4) is 38.7 Å². The number of nitrogens with zero attached hydrogens (tertiary/aromatic N) is 4. The third-order valence-electron chi connectivity index (χ3n) is 6.40. The van der Waals surface area contributed by atoms with Crippen LogP contribution in [0.5, 0.6) is 16.7 Å². The minimum atomic E-state index is -4.48. The predicted octanol–water partition coefficient (Wildman–Crippen LogP) is 6.52. The average molecular weight is 630 g/mol. The molecule has 6 aromatic rings. The number of rotatable bonds is 9. The van der Waals surface area contributed by atoms with Gasteiger partial charge in [0.25, 0.3) is 11.1 Å². The molecule has 15 heteroatoms. The number of aryl methyl sites for hydroxylation is 1. The summed E-state index contributed by atoms with van der Waals surface area (Å²) >= 11 is 2.75. The number of hydrogen-bond donors (Lipinski definition) is 1. The van der Waals surface area contributed by atoms with Crippen molar-refractivity contribution in [2.75, 3.05) is 20.8 Å². The molecule has 43 heavy (non-hydrogen) atoms. The average Bonchev–Trinajstić information content (AvgIpc) is 3.77. The number of methoxy groups -OCH3 is 2. The lowest BCUT2D eigenvalue weighted by molar-refractivity contribution is -0.123. The molecule has 1 amide bonds. The van der Waals surface area contributed by atoms with E-state index in [2.05, 4.69) is 10.1 Å². The van der Waals surface area contributed by atoms with Crippen LogP contribution in [0.4, 0.5) is 13.2 Å². The quantitative estimate of drug-likeness (QED) is 0.192. The first-order chi connectivity index (χ1) is 20.6. The third kappa shape index (κ3) is 5.85. The highest BCUT2D eigenvalue weighted by Gasteiger charge is 2.28. The van der Waals surface area contributed by atoms with Crippen molar-refractivity contribution in [3.05, 3.63) is 64.8 Å². The van der Waals surface area contributed by atoms with Crippen molar-refractivity contribution in [1.82, 2.24) is 24.9 Å². The van der Waals surface area contributed by atoms with Crippen LogP contribution in [0.1, 0.15) is 20.9 Å². The summed E-state index contributed by atoms with van der Waals surface area (Å²) in [6, 6.07) is 11.6. The Hall–Kier alpha value is -4.63. The summed E-state index contributed by atoms with van der Waals surface area (Å²) in [5, 5.41) is 8.15. The lowest BCUT2D eigenvalue weighted by Crippen LogP contribution is -2.33. The number of thiazole rings is 1. The van der Waals surface area contributed by atoms with E-state index >= 15 is 0 Å². The second-order valence-electron chi connectivity index (χ2n) is 9.24. The summed E-state index contributed by atoms with van der Waals surface area (Å²) in [4.78, 5) is 22.7. The monoisotopic (exact) mass is 629 g/mol. The van der Waals surface area contributed by atoms with E-state index in [1.807, 2.05) is 18.3 Å². The van der Waals surface area contributed by atoms with E-state index in [0.29, 0.717) is 49.4 Å². The van der Waals surface area contributed by atoms with Crippen molar-refractivity contribution in [3.63, 3.8) is 0 Å². The van der Waals surface area contributed by atoms with Crippen LogP contribution >= 0.6 is 22.7 Å². The molecule has 4 aromatic heterocycles. The SMILES string of the molecule is COc1cc(OCc2nc(-c3ccc(C(=O)NCC(F)(F)F)cc3)sc2C)c2cc(-c3cnc4sc(OC)nn34)oc2c1. The molecule has 4 heterocycles. The topological polar surface area (TPSA) is 113 Å². The Kier molecular flexibility index (Phi) is 7.43. The first-order valence-electron chi connectivity index (χ1n) is 12.7. The largest absolute Gasteiger partial charge is 0.496 e. The maximum absolute atomic E-state index is 12.4. The van der Waals surface area contributed by atoms with Gasteiger partial charge in [0.05, 0.1) is 31.5 Å². The molecule has 0 saturated heterocycles. The number of halogens is 3. The number of imidazole rings is 1. The van der Waals surface area contributed by atoms with Crippen LogP contribution in [0.15, 0.2) is 53.1 Å². The van der Waals surface area contributed by atoms with E-state index in [1.165, 1.54) is 34.8 Å². The van der Waals surface area contributed by atoms with Crippen LogP contribution in [0.3, 0.4) is 0 Å². The van der Waals surface area contributed by atoms with Crippen LogP contribution in [-0.4, -0.2) is 52.4 Å². The summed E-state index contributed by atoms with van der Waals surface area (Å²) in [6.07, 6.45) is -2.80. The van der Waals surface area contributed by atoms with Gasteiger partial charge in [-0.15, -0.1) is 16.4 Å². The molecule has 0 atom stereocenters. The summed E-state index contributed by atoms with van der Waals surface area (Å²) in [6.45, 7) is 0.684. The summed E-state index contributed by atoms with van der Waals surface area (Å²) < 4.78 is 62.0. The molecule has 0 saturated carbocycles. The molecule has 0 fully saturated rings. The van der Waals surface area contributed by atoms with Gasteiger partial charge in [-0.25, -0.2) is 9.97 Å². The van der Waals surface area contributed by atoms with Gasteiger partial charge in [-0.05, 0) is 36.5 Å². The molecule has 2 aromatic carbocycles. The molecule has 0 aliphatic rings. The second-order valence-corrected chi connectivity index (χ2v) is 11.4. The first kappa shape index (κ1) is 28.5. The number of ether oxygens (including phenoxy) is 3. The van der Waals surface area contributed by atoms with Crippen molar-refractivity contribution in [2.24, 2.45) is 0 Å². The van der Waals surface area contributed by atoms with E-state index in [1.54, 1.807) is 49.2 Å². The fourth-order valence-corrected chi connectivity index (χ4v) is 5.87. The molecule has 1 N–H and O–H groups in total. The van der Waals surface area contributed by atoms with Gasteiger partial charge in [0, 0.05) is 28.1 Å². The third-order valence-corrected chi connectivity index (χ3v) is 8.35. The number of carbonyl (C=O) groups is 1. The van der Waals surface area contributed by atoms with Crippen molar-refractivity contribution in [1.29, 1.82) is 0 Å². The van der Waals surface area contributed by atoms with Crippen molar-refractivity contribution >= 4 is 44.5 Å². The van der Waals surface area contributed by atoms with Gasteiger partial charge >= 0.3 is 6.18 Å². The molecule has 0 radical (unpaired) electrons. The first-order valence-corrected chi connectivity index (χ1v) is 14.3. The van der Waals surface area contributed by atoms with E-state index < -0.39 is 18.6 Å². The number of nitrogens with one attached hydrogen (secondary N) is 1. The van der Waals surface area contributed by atoms with Crippen LogP contribution in [0.25, 0.3) is 38.0 Å². The number of carbonyl (C=O) groups excluding carboxylic acids is 1. The van der Waals surface area contributed by atoms with E-state index in [0.717, 1.165) is 15.8 Å². The highest BCUT2D eigenvalue weighted by Crippen LogP contribution is 2.38. The fourth-order valence-electron chi connectivity index (χ4n) is 4.25. The van der Waals surface area contributed by atoms with Gasteiger partial charge in [0.2, 0.25) is 4.96 Å². The van der Waals surface area contributed by atoms with Gasteiger partial charge in [0.1, 0.15) is 40.9 Å². The minimum Gasteiger partial charge on any atom is -0.496 e. The van der Waals surface area contributed by atoms with Crippen molar-refractivity contribution in [2.45, 2.75) is 19.7 Å². The Morgan fingerprint density at radius 3 is 2.60 bits per heavy atom. The fraction of sp³-hybridized carbons (Fsp3) is 0.214. The lowest BCUT2D eigenvalue weighted by atomic mass is 10.1. The molecule has 222 valence electrons. The van der Waals surface area contributed by atoms with Crippen LogP contribution < -0.4 is 19.5 Å². The normalized spacial score (nSPS) is 11.8. The summed E-state index contributed by atoms with van der Waals surface area (Å²) in [5.74, 6) is 0.816. The van der Waals surface area contributed by atoms with Crippen LogP contribution in [-0.2, 0) is 6.61 Å². The maximum Gasteiger partial charge on any atom is 0.405 e. The van der Waals surface area contributed by atoms with Gasteiger partial charge < -0.3 is 23.9 Å². The summed E-state index contributed by atoms with van der Waals surface area (Å²) in [5.41, 5.74) is 2.76. The van der Waals surface area contributed by atoms with Gasteiger partial charge in [-0.1, -0.05) is 12.1 Å². The number of hydrogen-bond acceptors (Lipinski definition) is 10. The zero-order valence-electron chi connectivity index (χ0n) is 22.8. The maximum atomic E-state index is 12.4. The molecule has 0 aliphatic carbocycles. The smallest absolute Gasteiger partial charge is 0.405 e. The number of alkyl halides is 3. The highest BCUT2D eigenvalue weighted by molar-refractivity contribution is 7.18. The number of benzene rings is 2. The molecular weight excluding hydrogens is 607 g/mol. The molecule has 0 spiro atoms. The summed E-state index contributed by atoms with van der Waals surface area (Å²) in [7, 11) is 3.10. The Bertz CT molecular complexity index is 1940. The van der Waals surface area contributed by atoms with Gasteiger partial charge in [0.15, 0.2) is 5.76 Å². The lowest BCUT2D eigenvalue weighted by Gasteiger charge is -2.08. The number of amides is 1. The molecule has 0 bridgehead atoms. The Morgan fingerprint density at radius 2 is 1.88 bits per heavy atom. The predicted molar refractivity (Wildman–Crippen MR) is 154 cm³/mol. The Balaban J connectivity index is 1.22. The second kappa shape index (κ2) is 11.2. The van der Waals surface area contributed by atoms with Gasteiger partial charge in [-0.2, -0.15) is 17.7 Å². The molecule has 0 unspecified atom stereocenters. The van der Waals surface area contributed by atoms with E-state index in [4.69, 9.17) is 23.6 Å². The number of aromatic nitrogens is 4. The molecular formula is C28H22F3N5O5S2. The van der Waals surface area contributed by atoms with Gasteiger partial charge in [-0.3, -0.25) is 4.79 Å². The van der Waals surface area contributed by atoms with Crippen LogP contribution in [0, 0.1) is 6.92 Å². The van der Waals surface area contributed by atoms with E-state index in [9.17, 15) is 18.0 Å². The minimum absolute atomic E-state index is 0.122. The van der Waals surface area contributed by atoms with Crippen LogP contribution in [0.2, 0.25) is 0 Å². The zero-order chi connectivity index (χ0) is 30.3. The number of furan rings is 1. The molecule has 10 nitrogen and oxygen atoms in total. The Morgan fingerprint density at radius 1 is 1.09 bits per heavy atom. The number of fused-ring (bicyclic) bond motifs is 2. The highest BCUT2D eigenvalue weighted by atomic mass is 32.1. The standard InChI is InChI=1S/C28H22F3N5O5S2/c1-14-19(34-25(42-14)16-6-4-15(5-7-16)24(37)33-13-28(29,30)31)12-40-21-8-17(38-2)9-22-18(21)10-23(41-22)20-11-32-26-36(20)35-27(39-3)43-26/h4-11H,12-13H2,1-3H3,(H,33,37).